The molecular weight excluding hydrogens is 474 g/mol. The Morgan fingerprint density at radius 3 is 2.20 bits per heavy atom. The number of amides is 2. The lowest BCUT2D eigenvalue weighted by atomic mass is 10.0. The summed E-state index contributed by atoms with van der Waals surface area (Å²) in [6.07, 6.45) is 1.63. The van der Waals surface area contributed by atoms with Crippen LogP contribution in [0, 0.1) is 20.2 Å². The Kier molecular flexibility index (Phi) is 6.60. The predicted molar refractivity (Wildman–Crippen MR) is 129 cm³/mol. The van der Waals surface area contributed by atoms with Gasteiger partial charge in [-0.3, -0.25) is 34.7 Å². The number of rotatable bonds is 7. The van der Waals surface area contributed by atoms with Gasteiger partial charge in [-0.25, -0.2) is 0 Å². The highest BCUT2D eigenvalue weighted by atomic mass is 32.2. The minimum absolute atomic E-state index is 0.00151. The lowest BCUT2D eigenvalue weighted by molar-refractivity contribution is -0.386. The molecule has 176 valence electrons. The summed E-state index contributed by atoms with van der Waals surface area (Å²) in [6.45, 7) is -0.0970. The van der Waals surface area contributed by atoms with Crippen molar-refractivity contribution in [2.75, 3.05) is 0 Å². The van der Waals surface area contributed by atoms with Gasteiger partial charge >= 0.3 is 5.69 Å². The van der Waals surface area contributed by atoms with Crippen LogP contribution in [-0.2, 0) is 17.8 Å². The van der Waals surface area contributed by atoms with Crippen LogP contribution in [-0.4, -0.2) is 31.0 Å². The van der Waals surface area contributed by atoms with Crippen molar-refractivity contribution in [3.63, 3.8) is 0 Å². The number of hydrogen-bond acceptors (Lipinski definition) is 8. The zero-order chi connectivity index (χ0) is 25.1. The fraction of sp³-hybridized carbons (Fsp3) is 0.0833. The van der Waals surface area contributed by atoms with Crippen LogP contribution in [0.25, 0.3) is 6.08 Å². The van der Waals surface area contributed by atoms with Crippen LogP contribution < -0.4 is 0 Å². The number of thioether (sulfide) groups is 1. The maximum atomic E-state index is 12.9. The predicted octanol–water partition coefficient (Wildman–Crippen LogP) is 5.04. The molecule has 1 heterocycles. The first-order chi connectivity index (χ1) is 16.7. The molecule has 10 nitrogen and oxygen atoms in total. The molecule has 1 aliphatic rings. The Morgan fingerprint density at radius 1 is 0.886 bits per heavy atom. The Balaban J connectivity index is 1.62. The van der Waals surface area contributed by atoms with Gasteiger partial charge < -0.3 is 5.11 Å². The standard InChI is InChI=1S/C24H17N3O7S/c28-22-18(11-17(12-20(22)27(33)34)10-15-4-2-1-3-5-15)13-21-23(29)25(24(30)35-21)14-16-6-8-19(9-7-16)26(31)32/h1-9,11-13,28H,10,14H2/b21-13-. The highest BCUT2D eigenvalue weighted by Crippen LogP contribution is 2.38. The van der Waals surface area contributed by atoms with E-state index in [1.807, 2.05) is 30.3 Å². The lowest BCUT2D eigenvalue weighted by Crippen LogP contribution is -2.27. The maximum Gasteiger partial charge on any atom is 0.311 e. The van der Waals surface area contributed by atoms with Crippen LogP contribution in [0.2, 0.25) is 0 Å². The fourth-order valence-corrected chi connectivity index (χ4v) is 4.40. The number of imide groups is 1. The molecule has 0 bridgehead atoms. The van der Waals surface area contributed by atoms with Gasteiger partial charge in [-0.15, -0.1) is 0 Å². The van der Waals surface area contributed by atoms with Crippen LogP contribution in [0.3, 0.4) is 0 Å². The van der Waals surface area contributed by atoms with Crippen molar-refractivity contribution < 1.29 is 24.5 Å². The molecule has 0 radical (unpaired) electrons. The molecule has 0 spiro atoms. The normalized spacial score (nSPS) is 14.5. The Labute approximate surface area is 202 Å². The van der Waals surface area contributed by atoms with E-state index in [0.29, 0.717) is 29.3 Å². The van der Waals surface area contributed by atoms with Crippen molar-refractivity contribution in [2.24, 2.45) is 0 Å². The molecule has 1 fully saturated rings. The first-order valence-corrected chi connectivity index (χ1v) is 11.1. The molecule has 35 heavy (non-hydrogen) atoms. The summed E-state index contributed by atoms with van der Waals surface area (Å²) in [5, 5.41) is 32.2. The topological polar surface area (TPSA) is 144 Å². The second-order valence-corrected chi connectivity index (χ2v) is 8.66. The minimum Gasteiger partial charge on any atom is -0.502 e. The number of nitro groups is 2. The SMILES string of the molecule is O=C1S/C(=C\c2cc(Cc3ccccc3)cc([N+](=O)[O-])c2O)C(=O)N1Cc1ccc([N+](=O)[O-])cc1. The van der Waals surface area contributed by atoms with E-state index in [4.69, 9.17) is 0 Å². The van der Waals surface area contributed by atoms with Crippen LogP contribution in [0.1, 0.15) is 22.3 Å². The molecule has 0 unspecified atom stereocenters. The van der Waals surface area contributed by atoms with Gasteiger partial charge in [-0.2, -0.15) is 0 Å². The summed E-state index contributed by atoms with van der Waals surface area (Å²) in [5.41, 5.74) is 1.40. The van der Waals surface area contributed by atoms with Gasteiger partial charge in [0.1, 0.15) is 0 Å². The van der Waals surface area contributed by atoms with Gasteiger partial charge in [0.25, 0.3) is 16.8 Å². The van der Waals surface area contributed by atoms with E-state index in [2.05, 4.69) is 0 Å². The van der Waals surface area contributed by atoms with Crippen molar-refractivity contribution in [1.29, 1.82) is 0 Å². The number of nitro benzene ring substituents is 2. The average molecular weight is 491 g/mol. The average Bonchev–Trinajstić information content (AvgIpc) is 3.09. The molecule has 1 N–H and O–H groups in total. The summed E-state index contributed by atoms with van der Waals surface area (Å²) >= 11 is 0.646. The van der Waals surface area contributed by atoms with E-state index in [1.165, 1.54) is 36.4 Å². The first kappa shape index (κ1) is 23.6. The largest absolute Gasteiger partial charge is 0.502 e. The van der Waals surface area contributed by atoms with E-state index < -0.39 is 32.4 Å². The number of non-ortho nitro benzene ring substituents is 1. The fourth-order valence-electron chi connectivity index (χ4n) is 3.57. The number of hydrogen-bond donors (Lipinski definition) is 1. The summed E-state index contributed by atoms with van der Waals surface area (Å²) in [6, 6.07) is 17.5. The van der Waals surface area contributed by atoms with Crippen molar-refractivity contribution in [3.8, 4) is 5.75 Å². The second kappa shape index (κ2) is 9.77. The summed E-state index contributed by atoms with van der Waals surface area (Å²) in [7, 11) is 0. The van der Waals surface area contributed by atoms with Crippen molar-refractivity contribution in [2.45, 2.75) is 13.0 Å². The van der Waals surface area contributed by atoms with Crippen molar-refractivity contribution in [1.82, 2.24) is 4.90 Å². The zero-order valence-electron chi connectivity index (χ0n) is 18.0. The quantitative estimate of drug-likeness (QED) is 0.275. The Bertz CT molecular complexity index is 1370. The molecule has 0 aliphatic carbocycles. The van der Waals surface area contributed by atoms with Crippen molar-refractivity contribution >= 4 is 40.4 Å². The number of benzene rings is 3. The van der Waals surface area contributed by atoms with E-state index >= 15 is 0 Å². The third-order valence-corrected chi connectivity index (χ3v) is 6.18. The molecule has 2 amide bonds. The highest BCUT2D eigenvalue weighted by molar-refractivity contribution is 8.18. The molecule has 0 saturated carbocycles. The first-order valence-electron chi connectivity index (χ1n) is 10.3. The zero-order valence-corrected chi connectivity index (χ0v) is 18.8. The van der Waals surface area contributed by atoms with Crippen LogP contribution in [0.15, 0.2) is 71.6 Å². The molecule has 3 aromatic carbocycles. The van der Waals surface area contributed by atoms with Gasteiger partial charge in [0.2, 0.25) is 5.75 Å². The lowest BCUT2D eigenvalue weighted by Gasteiger charge is -2.12. The van der Waals surface area contributed by atoms with Gasteiger partial charge in [0.05, 0.1) is 21.3 Å². The third kappa shape index (κ3) is 5.20. The van der Waals surface area contributed by atoms with Crippen molar-refractivity contribution in [3.05, 3.63) is 114 Å². The molecule has 3 aromatic rings. The molecule has 1 saturated heterocycles. The number of carbonyl (C=O) groups is 2. The molecule has 0 aromatic heterocycles. The highest BCUT2D eigenvalue weighted by Gasteiger charge is 2.35. The van der Waals surface area contributed by atoms with E-state index in [0.717, 1.165) is 10.5 Å². The van der Waals surface area contributed by atoms with Crippen LogP contribution in [0.5, 0.6) is 5.75 Å². The van der Waals surface area contributed by atoms with Crippen LogP contribution in [0.4, 0.5) is 16.2 Å². The Morgan fingerprint density at radius 2 is 1.57 bits per heavy atom. The number of carbonyl (C=O) groups excluding carboxylic acids is 2. The molecule has 4 rings (SSSR count). The smallest absolute Gasteiger partial charge is 0.311 e. The van der Waals surface area contributed by atoms with Gasteiger partial charge in [-0.05, 0) is 47.0 Å². The summed E-state index contributed by atoms with van der Waals surface area (Å²) < 4.78 is 0. The second-order valence-electron chi connectivity index (χ2n) is 7.66. The number of phenolic OH excluding ortho intramolecular Hbond substituents is 1. The van der Waals surface area contributed by atoms with Gasteiger partial charge in [-0.1, -0.05) is 42.5 Å². The van der Waals surface area contributed by atoms with Gasteiger partial charge in [0.15, 0.2) is 0 Å². The van der Waals surface area contributed by atoms with Crippen LogP contribution >= 0.6 is 11.8 Å². The third-order valence-electron chi connectivity index (χ3n) is 5.27. The molecule has 0 atom stereocenters. The molecular formula is C24H17N3O7S. The summed E-state index contributed by atoms with van der Waals surface area (Å²) in [5.74, 6) is -1.23. The Hall–Kier alpha value is -4.51. The van der Waals surface area contributed by atoms with E-state index in [9.17, 15) is 34.9 Å². The monoisotopic (exact) mass is 491 g/mol. The summed E-state index contributed by atoms with van der Waals surface area (Å²) in [4.78, 5) is 47.4. The molecule has 11 heteroatoms. The van der Waals surface area contributed by atoms with E-state index in [1.54, 1.807) is 6.07 Å². The minimum atomic E-state index is -0.707. The van der Waals surface area contributed by atoms with Gasteiger partial charge in [0, 0.05) is 23.8 Å². The molecule has 1 aliphatic heterocycles. The maximum absolute atomic E-state index is 12.9. The number of phenols is 1. The number of aromatic hydroxyl groups is 1. The number of nitrogens with zero attached hydrogens (tertiary/aromatic N) is 3. The van der Waals surface area contributed by atoms with E-state index in [-0.39, 0.29) is 22.7 Å².